The smallest absolute Gasteiger partial charge is 0.0266 e. The van der Waals surface area contributed by atoms with Crippen molar-refractivity contribution in [1.29, 1.82) is 0 Å². The van der Waals surface area contributed by atoms with Crippen LogP contribution >= 0.6 is 11.8 Å². The van der Waals surface area contributed by atoms with E-state index in [1.165, 1.54) is 55.1 Å². The number of benzene rings is 1. The number of nitrogens with zero attached hydrogens (tertiary/aromatic N) is 1. The fourth-order valence-corrected chi connectivity index (χ4v) is 3.28. The zero-order valence-corrected chi connectivity index (χ0v) is 12.1. The van der Waals surface area contributed by atoms with Crippen molar-refractivity contribution in [2.24, 2.45) is 5.73 Å². The summed E-state index contributed by atoms with van der Waals surface area (Å²) in [6, 6.07) is 8.77. The van der Waals surface area contributed by atoms with Crippen molar-refractivity contribution in [3.8, 4) is 0 Å². The van der Waals surface area contributed by atoms with E-state index in [9.17, 15) is 0 Å². The van der Waals surface area contributed by atoms with Crippen molar-refractivity contribution < 1.29 is 0 Å². The Bertz CT molecular complexity index is 359. The normalized spacial score (nSPS) is 18.1. The highest BCUT2D eigenvalue weighted by Crippen LogP contribution is 2.22. The van der Waals surface area contributed by atoms with Gasteiger partial charge in [-0.05, 0) is 69.3 Å². The molecule has 2 rings (SSSR count). The molecule has 1 saturated heterocycles. The summed E-state index contributed by atoms with van der Waals surface area (Å²) in [6.45, 7) is 5.92. The minimum atomic E-state index is 0.134. The topological polar surface area (TPSA) is 29.3 Å². The van der Waals surface area contributed by atoms with E-state index in [0.717, 1.165) is 0 Å². The monoisotopic (exact) mass is 264 g/mol. The maximum atomic E-state index is 5.90. The highest BCUT2D eigenvalue weighted by Gasteiger charge is 2.10. The third kappa shape index (κ3) is 4.30. The van der Waals surface area contributed by atoms with E-state index in [2.05, 4.69) is 29.2 Å². The van der Waals surface area contributed by atoms with Gasteiger partial charge in [-0.1, -0.05) is 12.1 Å². The molecule has 1 aliphatic rings. The molecule has 0 aromatic heterocycles. The lowest BCUT2D eigenvalue weighted by Crippen LogP contribution is -2.20. The van der Waals surface area contributed by atoms with Crippen molar-refractivity contribution in [2.75, 3.05) is 25.4 Å². The predicted molar refractivity (Wildman–Crippen MR) is 80.1 cm³/mol. The minimum Gasteiger partial charge on any atom is -0.324 e. The third-order valence-corrected chi connectivity index (χ3v) is 4.55. The van der Waals surface area contributed by atoms with Gasteiger partial charge >= 0.3 is 0 Å². The lowest BCUT2D eigenvalue weighted by Gasteiger charge is -2.14. The van der Waals surface area contributed by atoms with Crippen molar-refractivity contribution in [3.05, 3.63) is 29.8 Å². The summed E-state index contributed by atoms with van der Waals surface area (Å²) in [5, 5.41) is 0. The van der Waals surface area contributed by atoms with E-state index < -0.39 is 0 Å². The Morgan fingerprint density at radius 3 is 2.83 bits per heavy atom. The van der Waals surface area contributed by atoms with Gasteiger partial charge in [0, 0.05) is 10.9 Å². The molecule has 0 bridgehead atoms. The molecule has 0 amide bonds. The van der Waals surface area contributed by atoms with E-state index in [0.29, 0.717) is 0 Å². The molecular weight excluding hydrogens is 240 g/mol. The van der Waals surface area contributed by atoms with Gasteiger partial charge in [0.1, 0.15) is 0 Å². The second kappa shape index (κ2) is 7.17. The van der Waals surface area contributed by atoms with Crippen LogP contribution in [0.3, 0.4) is 0 Å². The second-order valence-electron chi connectivity index (χ2n) is 5.11. The first-order valence-electron chi connectivity index (χ1n) is 6.96. The summed E-state index contributed by atoms with van der Waals surface area (Å²) in [5.41, 5.74) is 7.14. The molecule has 0 saturated carbocycles. The Morgan fingerprint density at radius 1 is 1.33 bits per heavy atom. The zero-order valence-electron chi connectivity index (χ0n) is 11.3. The summed E-state index contributed by atoms with van der Waals surface area (Å²) in [7, 11) is 0. The van der Waals surface area contributed by atoms with E-state index in [1.54, 1.807) is 0 Å². The fraction of sp³-hybridized carbons (Fsp3) is 0.600. The Labute approximate surface area is 115 Å². The van der Waals surface area contributed by atoms with Gasteiger partial charge in [0.2, 0.25) is 0 Å². The van der Waals surface area contributed by atoms with Crippen LogP contribution in [0.25, 0.3) is 0 Å². The van der Waals surface area contributed by atoms with Crippen molar-refractivity contribution >= 4 is 11.8 Å². The van der Waals surface area contributed by atoms with Gasteiger partial charge in [-0.15, -0.1) is 11.8 Å². The Balaban J connectivity index is 1.70. The summed E-state index contributed by atoms with van der Waals surface area (Å²) in [6.07, 6.45) is 4.07. The van der Waals surface area contributed by atoms with Crippen LogP contribution < -0.4 is 5.73 Å². The molecule has 0 aliphatic carbocycles. The van der Waals surface area contributed by atoms with Crippen LogP contribution in [0.4, 0.5) is 0 Å². The first-order chi connectivity index (χ1) is 8.75. The molecule has 1 unspecified atom stereocenters. The summed E-state index contributed by atoms with van der Waals surface area (Å²) < 4.78 is 0. The van der Waals surface area contributed by atoms with Gasteiger partial charge in [0.25, 0.3) is 0 Å². The van der Waals surface area contributed by atoms with Crippen molar-refractivity contribution in [3.63, 3.8) is 0 Å². The minimum absolute atomic E-state index is 0.134. The molecule has 3 heteroatoms. The molecule has 2 nitrogen and oxygen atoms in total. The summed E-state index contributed by atoms with van der Waals surface area (Å²) in [5.74, 6) is 1.21. The first-order valence-corrected chi connectivity index (χ1v) is 7.95. The van der Waals surface area contributed by atoms with Gasteiger partial charge in [-0.3, -0.25) is 0 Å². The number of likely N-dealkylation sites (tertiary alicyclic amines) is 1. The number of rotatable bonds is 6. The first kappa shape index (κ1) is 13.9. The maximum Gasteiger partial charge on any atom is 0.0266 e. The lowest BCUT2D eigenvalue weighted by molar-refractivity contribution is 0.341. The van der Waals surface area contributed by atoms with E-state index in [-0.39, 0.29) is 6.04 Å². The molecule has 0 spiro atoms. The standard InChI is InChI=1S/C15H24N2S/c1-13(16)14-6-4-7-15(12-14)18-11-5-10-17-8-2-3-9-17/h4,6-7,12-13H,2-3,5,8-11,16H2,1H3. The Kier molecular flexibility index (Phi) is 5.54. The summed E-state index contributed by atoms with van der Waals surface area (Å²) in [4.78, 5) is 3.94. The zero-order chi connectivity index (χ0) is 12.8. The maximum absolute atomic E-state index is 5.90. The van der Waals surface area contributed by atoms with Gasteiger partial charge < -0.3 is 10.6 Å². The molecular formula is C15H24N2S. The highest BCUT2D eigenvalue weighted by molar-refractivity contribution is 7.99. The molecule has 1 heterocycles. The number of hydrogen-bond donors (Lipinski definition) is 1. The van der Waals surface area contributed by atoms with Crippen LogP contribution in [0.1, 0.15) is 37.8 Å². The average molecular weight is 264 g/mol. The van der Waals surface area contributed by atoms with Gasteiger partial charge in [0.15, 0.2) is 0 Å². The van der Waals surface area contributed by atoms with E-state index in [1.807, 2.05) is 18.7 Å². The number of nitrogens with two attached hydrogens (primary N) is 1. The SMILES string of the molecule is CC(N)c1cccc(SCCCN2CCCC2)c1. The number of hydrogen-bond acceptors (Lipinski definition) is 3. The Hall–Kier alpha value is -0.510. The molecule has 18 heavy (non-hydrogen) atoms. The van der Waals surface area contributed by atoms with Crippen LogP contribution in [-0.2, 0) is 0 Å². The highest BCUT2D eigenvalue weighted by atomic mass is 32.2. The van der Waals surface area contributed by atoms with Crippen molar-refractivity contribution in [2.45, 2.75) is 37.1 Å². The lowest BCUT2D eigenvalue weighted by atomic mass is 10.1. The third-order valence-electron chi connectivity index (χ3n) is 3.47. The second-order valence-corrected chi connectivity index (χ2v) is 6.28. The van der Waals surface area contributed by atoms with Crippen LogP contribution in [0, 0.1) is 0 Å². The molecule has 2 N–H and O–H groups in total. The van der Waals surface area contributed by atoms with E-state index >= 15 is 0 Å². The van der Waals surface area contributed by atoms with Crippen LogP contribution in [-0.4, -0.2) is 30.3 Å². The number of thioether (sulfide) groups is 1. The molecule has 1 atom stereocenters. The molecule has 0 radical (unpaired) electrons. The molecule has 1 aromatic carbocycles. The molecule has 1 aliphatic heterocycles. The molecule has 1 aromatic rings. The quantitative estimate of drug-likeness (QED) is 0.631. The van der Waals surface area contributed by atoms with Gasteiger partial charge in [-0.25, -0.2) is 0 Å². The molecule has 100 valence electrons. The largest absolute Gasteiger partial charge is 0.324 e. The van der Waals surface area contributed by atoms with Crippen LogP contribution in [0.2, 0.25) is 0 Å². The van der Waals surface area contributed by atoms with Crippen molar-refractivity contribution in [1.82, 2.24) is 4.90 Å². The fourth-order valence-electron chi connectivity index (χ4n) is 2.37. The van der Waals surface area contributed by atoms with Gasteiger partial charge in [0.05, 0.1) is 0 Å². The van der Waals surface area contributed by atoms with Crippen LogP contribution in [0.5, 0.6) is 0 Å². The summed E-state index contributed by atoms with van der Waals surface area (Å²) >= 11 is 1.95. The van der Waals surface area contributed by atoms with Crippen LogP contribution in [0.15, 0.2) is 29.2 Å². The average Bonchev–Trinajstić information content (AvgIpc) is 2.88. The van der Waals surface area contributed by atoms with E-state index in [4.69, 9.17) is 5.73 Å². The predicted octanol–water partition coefficient (Wildman–Crippen LogP) is 3.28. The Morgan fingerprint density at radius 2 is 2.11 bits per heavy atom. The molecule has 1 fully saturated rings. The van der Waals surface area contributed by atoms with Gasteiger partial charge in [-0.2, -0.15) is 0 Å².